The van der Waals surface area contributed by atoms with Gasteiger partial charge in [-0.25, -0.2) is 0 Å². The first-order chi connectivity index (χ1) is 16.7. The number of rotatable bonds is 6. The van der Waals surface area contributed by atoms with Crippen molar-refractivity contribution in [3.05, 3.63) is 132 Å². The molecular formula is C34H46. The van der Waals surface area contributed by atoms with Gasteiger partial charge < -0.3 is 0 Å². The van der Waals surface area contributed by atoms with Crippen LogP contribution in [0.2, 0.25) is 0 Å². The monoisotopic (exact) mass is 454 g/mol. The van der Waals surface area contributed by atoms with E-state index in [1.807, 2.05) is 33.8 Å². The minimum atomic E-state index is 0.149. The third-order valence-electron chi connectivity index (χ3n) is 4.84. The van der Waals surface area contributed by atoms with Gasteiger partial charge in [0.05, 0.1) is 0 Å². The summed E-state index contributed by atoms with van der Waals surface area (Å²) in [7, 11) is 0. The van der Waals surface area contributed by atoms with E-state index in [0.29, 0.717) is 0 Å². The van der Waals surface area contributed by atoms with Gasteiger partial charge in [0.25, 0.3) is 0 Å². The lowest BCUT2D eigenvalue weighted by molar-refractivity contribution is 0.978. The smallest absolute Gasteiger partial charge is 0.0346 e. The first-order valence-corrected chi connectivity index (χ1v) is 12.8. The molecule has 0 saturated heterocycles. The van der Waals surface area contributed by atoms with E-state index in [-0.39, 0.29) is 5.92 Å². The molecule has 0 N–H and O–H groups in total. The first kappa shape index (κ1) is 30.9. The van der Waals surface area contributed by atoms with Gasteiger partial charge in [0, 0.05) is 5.92 Å². The largest absolute Gasteiger partial charge is 0.0991 e. The topological polar surface area (TPSA) is 0 Å². The zero-order chi connectivity index (χ0) is 25.8. The van der Waals surface area contributed by atoms with Gasteiger partial charge in [-0.05, 0) is 47.2 Å². The predicted octanol–water partition coefficient (Wildman–Crippen LogP) is 11.0. The Labute approximate surface area is 210 Å². The second-order valence-electron chi connectivity index (χ2n) is 7.36. The van der Waals surface area contributed by atoms with Crippen LogP contribution < -0.4 is 0 Å². The normalized spacial score (nSPS) is 11.1. The van der Waals surface area contributed by atoms with Crippen LogP contribution in [0.4, 0.5) is 0 Å². The highest BCUT2D eigenvalue weighted by molar-refractivity contribution is 5.73. The van der Waals surface area contributed by atoms with Crippen LogP contribution in [0.15, 0.2) is 115 Å². The third kappa shape index (κ3) is 9.40. The lowest BCUT2D eigenvalue weighted by Gasteiger charge is -2.23. The molecule has 182 valence electrons. The zero-order valence-corrected chi connectivity index (χ0v) is 22.8. The van der Waals surface area contributed by atoms with Crippen molar-refractivity contribution in [2.24, 2.45) is 0 Å². The Morgan fingerprint density at radius 2 is 1.26 bits per heavy atom. The highest BCUT2D eigenvalue weighted by Crippen LogP contribution is 2.39. The van der Waals surface area contributed by atoms with Gasteiger partial charge in [0.15, 0.2) is 0 Å². The molecule has 0 aliphatic heterocycles. The zero-order valence-electron chi connectivity index (χ0n) is 22.8. The van der Waals surface area contributed by atoms with E-state index in [2.05, 4.69) is 131 Å². The lowest BCUT2D eigenvalue weighted by Crippen LogP contribution is -2.06. The van der Waals surface area contributed by atoms with Gasteiger partial charge in [0.2, 0.25) is 0 Å². The van der Waals surface area contributed by atoms with Crippen LogP contribution in [-0.2, 0) is 0 Å². The molecular weight excluding hydrogens is 408 g/mol. The van der Waals surface area contributed by atoms with Crippen LogP contribution in [0.5, 0.6) is 0 Å². The highest BCUT2D eigenvalue weighted by atomic mass is 14.2. The average molecular weight is 455 g/mol. The Balaban J connectivity index is 0.00000141. The molecule has 0 fully saturated rings. The van der Waals surface area contributed by atoms with Crippen LogP contribution in [0, 0.1) is 6.92 Å². The van der Waals surface area contributed by atoms with Crippen LogP contribution in [0.3, 0.4) is 0 Å². The maximum atomic E-state index is 3.94. The van der Waals surface area contributed by atoms with E-state index < -0.39 is 0 Å². The van der Waals surface area contributed by atoms with Gasteiger partial charge in [-0.2, -0.15) is 0 Å². The fraction of sp³-hybridized carbons (Fsp3) is 0.294. The average Bonchev–Trinajstić information content (AvgIpc) is 2.89. The molecule has 3 rings (SSSR count). The SMILES string of the molecule is C=C/C=C(\C=C/C)C(c1ccccc1)c1ccccc1-c1ccccc1C.CC.CC.CCC. The van der Waals surface area contributed by atoms with E-state index >= 15 is 0 Å². The van der Waals surface area contributed by atoms with Gasteiger partial charge >= 0.3 is 0 Å². The first-order valence-electron chi connectivity index (χ1n) is 12.8. The summed E-state index contributed by atoms with van der Waals surface area (Å²) in [5, 5.41) is 0. The standard InChI is InChI=1S/C27H26.C3H8.2C2H6/c1-4-13-22(14-5-2)27(23-16-7-6-8-17-23)26-20-12-11-19-25(26)24-18-10-9-15-21(24)3;1-3-2;2*1-2/h4-20,27H,1H2,2-3H3;3H2,1-2H3;2*1-2H3/b14-5-,22-13+;;;. The maximum absolute atomic E-state index is 3.94. The van der Waals surface area contributed by atoms with Crippen LogP contribution >= 0.6 is 0 Å². The summed E-state index contributed by atoms with van der Waals surface area (Å²) in [6, 6.07) is 28.0. The highest BCUT2D eigenvalue weighted by Gasteiger charge is 2.21. The van der Waals surface area contributed by atoms with E-state index in [0.717, 1.165) is 0 Å². The summed E-state index contributed by atoms with van der Waals surface area (Å²) in [5.41, 5.74) is 7.68. The Kier molecular flexibility index (Phi) is 17.6. The lowest BCUT2D eigenvalue weighted by atomic mass is 9.80. The minimum absolute atomic E-state index is 0.149. The Morgan fingerprint density at radius 3 is 1.79 bits per heavy atom. The predicted molar refractivity (Wildman–Crippen MR) is 157 cm³/mol. The van der Waals surface area contributed by atoms with Crippen LogP contribution in [-0.4, -0.2) is 0 Å². The molecule has 0 nitrogen and oxygen atoms in total. The number of benzene rings is 3. The number of hydrogen-bond acceptors (Lipinski definition) is 0. The van der Waals surface area contributed by atoms with Crippen LogP contribution in [0.1, 0.15) is 77.5 Å². The quantitative estimate of drug-likeness (QED) is 0.325. The van der Waals surface area contributed by atoms with E-state index in [1.54, 1.807) is 0 Å². The van der Waals surface area contributed by atoms with Crippen molar-refractivity contribution in [1.29, 1.82) is 0 Å². The molecule has 1 atom stereocenters. The molecule has 0 amide bonds. The Morgan fingerprint density at radius 1 is 0.765 bits per heavy atom. The Hall–Kier alpha value is -3.12. The van der Waals surface area contributed by atoms with Gasteiger partial charge in [-0.1, -0.05) is 158 Å². The molecule has 0 aliphatic rings. The minimum Gasteiger partial charge on any atom is -0.0991 e. The molecule has 0 heterocycles. The molecule has 0 aromatic heterocycles. The fourth-order valence-corrected chi connectivity index (χ4v) is 3.64. The molecule has 3 aromatic carbocycles. The second-order valence-corrected chi connectivity index (χ2v) is 7.36. The summed E-state index contributed by atoms with van der Waals surface area (Å²) in [5.74, 6) is 0.149. The summed E-state index contributed by atoms with van der Waals surface area (Å²) in [6.45, 7) is 20.4. The van der Waals surface area contributed by atoms with Gasteiger partial charge in [-0.15, -0.1) is 0 Å². The summed E-state index contributed by atoms with van der Waals surface area (Å²) in [4.78, 5) is 0. The number of hydrogen-bond donors (Lipinski definition) is 0. The molecule has 3 aromatic rings. The van der Waals surface area contributed by atoms with Crippen molar-refractivity contribution >= 4 is 0 Å². The number of aryl methyl sites for hydroxylation is 1. The number of allylic oxidation sites excluding steroid dienone is 5. The second kappa shape index (κ2) is 19.4. The van der Waals surface area contributed by atoms with E-state index in [1.165, 1.54) is 39.8 Å². The summed E-state index contributed by atoms with van der Waals surface area (Å²) < 4.78 is 0. The maximum Gasteiger partial charge on any atom is 0.0346 e. The van der Waals surface area contributed by atoms with E-state index in [4.69, 9.17) is 0 Å². The third-order valence-corrected chi connectivity index (χ3v) is 4.84. The van der Waals surface area contributed by atoms with Crippen molar-refractivity contribution in [1.82, 2.24) is 0 Å². The van der Waals surface area contributed by atoms with Gasteiger partial charge in [-0.3, -0.25) is 0 Å². The van der Waals surface area contributed by atoms with Crippen molar-refractivity contribution < 1.29 is 0 Å². The van der Waals surface area contributed by atoms with Gasteiger partial charge in [0.1, 0.15) is 0 Å². The van der Waals surface area contributed by atoms with Crippen molar-refractivity contribution in [2.45, 2.75) is 67.7 Å². The summed E-state index contributed by atoms with van der Waals surface area (Å²) >= 11 is 0. The molecule has 0 saturated carbocycles. The van der Waals surface area contributed by atoms with Crippen molar-refractivity contribution in [3.8, 4) is 11.1 Å². The van der Waals surface area contributed by atoms with Crippen LogP contribution in [0.25, 0.3) is 11.1 Å². The molecule has 0 radical (unpaired) electrons. The molecule has 0 aliphatic carbocycles. The van der Waals surface area contributed by atoms with Crippen molar-refractivity contribution in [2.75, 3.05) is 0 Å². The Bertz CT molecular complexity index is 974. The molecule has 0 bridgehead atoms. The molecule has 1 unspecified atom stereocenters. The fourth-order valence-electron chi connectivity index (χ4n) is 3.64. The molecule has 0 heteroatoms. The van der Waals surface area contributed by atoms with Crippen molar-refractivity contribution in [3.63, 3.8) is 0 Å². The summed E-state index contributed by atoms with van der Waals surface area (Å²) in [6.07, 6.45) is 9.53. The molecule has 0 spiro atoms. The molecule has 34 heavy (non-hydrogen) atoms. The van der Waals surface area contributed by atoms with E-state index in [9.17, 15) is 0 Å².